The third kappa shape index (κ3) is 9.64. The maximum atomic E-state index is 13.9. The molecule has 1 aliphatic carbocycles. The lowest BCUT2D eigenvalue weighted by atomic mass is 9.72. The van der Waals surface area contributed by atoms with Crippen molar-refractivity contribution < 1.29 is 22.7 Å². The van der Waals surface area contributed by atoms with Crippen LogP contribution in [-0.4, -0.2) is 81.7 Å². The summed E-state index contributed by atoms with van der Waals surface area (Å²) in [6, 6.07) is 22.6. The highest BCUT2D eigenvalue weighted by Gasteiger charge is 2.30. The zero-order valence-electron chi connectivity index (χ0n) is 35.1. The third-order valence-corrected chi connectivity index (χ3v) is 13.6. The molecule has 5 aromatic rings. The van der Waals surface area contributed by atoms with Gasteiger partial charge in [0.05, 0.1) is 28.0 Å². The molecule has 316 valence electrons. The molecule has 2 aromatic heterocycles. The standard InChI is InChI=1S/C47H57N7O5S/c1-31-5-7-34(8-6-31)41-27-47(3,4)16-13-35(41)30-53-17-19-54(20-18-53)37-9-11-40(44(25-37)59-38-24-36-23-32(2)51-45(36)50-29-38)46(55)52-60(56,57)39-10-12-43(42(48)26-39)49-28-33-14-21-58-22-15-33/h5-12,23-26,29,33,49H,13-22,27-28,30,48H2,1-4H3,(H,50,51)(H,52,55). The molecule has 1 amide bonds. The van der Waals surface area contributed by atoms with E-state index in [0.717, 1.165) is 94.0 Å². The monoisotopic (exact) mass is 831 g/mol. The van der Waals surface area contributed by atoms with Crippen molar-refractivity contribution in [1.29, 1.82) is 0 Å². The molecule has 2 saturated heterocycles. The van der Waals surface area contributed by atoms with E-state index in [9.17, 15) is 13.2 Å². The molecule has 0 unspecified atom stereocenters. The van der Waals surface area contributed by atoms with E-state index in [-0.39, 0.29) is 27.3 Å². The minimum Gasteiger partial charge on any atom is -0.455 e. The highest BCUT2D eigenvalue weighted by Crippen LogP contribution is 2.43. The van der Waals surface area contributed by atoms with Crippen LogP contribution in [0.2, 0.25) is 0 Å². The summed E-state index contributed by atoms with van der Waals surface area (Å²) in [5, 5.41) is 4.20. The first-order valence-electron chi connectivity index (χ1n) is 21.1. The fourth-order valence-corrected chi connectivity index (χ4v) is 9.61. The van der Waals surface area contributed by atoms with Gasteiger partial charge in [-0.25, -0.2) is 18.1 Å². The highest BCUT2D eigenvalue weighted by molar-refractivity contribution is 7.90. The second-order valence-electron chi connectivity index (χ2n) is 17.5. The molecule has 2 fully saturated rings. The number of fused-ring (bicyclic) bond motifs is 1. The first-order valence-corrected chi connectivity index (χ1v) is 22.6. The number of carbonyl (C=O) groups excluding carboxylic acids is 1. The lowest BCUT2D eigenvalue weighted by Crippen LogP contribution is -2.47. The van der Waals surface area contributed by atoms with Gasteiger partial charge in [0.1, 0.15) is 17.1 Å². The van der Waals surface area contributed by atoms with Crippen molar-refractivity contribution >= 4 is 49.6 Å². The Kier molecular flexibility index (Phi) is 11.9. The number of carbonyl (C=O) groups is 1. The summed E-state index contributed by atoms with van der Waals surface area (Å²) in [5.41, 5.74) is 15.8. The van der Waals surface area contributed by atoms with Gasteiger partial charge >= 0.3 is 0 Å². The highest BCUT2D eigenvalue weighted by atomic mass is 32.2. The molecule has 12 nitrogen and oxygen atoms in total. The first-order chi connectivity index (χ1) is 28.8. The number of aromatic nitrogens is 2. The summed E-state index contributed by atoms with van der Waals surface area (Å²) in [4.78, 5) is 26.4. The van der Waals surface area contributed by atoms with E-state index in [4.69, 9.17) is 15.2 Å². The van der Waals surface area contributed by atoms with Gasteiger partial charge in [0.15, 0.2) is 0 Å². The summed E-state index contributed by atoms with van der Waals surface area (Å²) in [7, 11) is -4.29. The Balaban J connectivity index is 0.994. The number of nitrogens with one attached hydrogen (secondary N) is 3. The van der Waals surface area contributed by atoms with Gasteiger partial charge in [-0.15, -0.1) is 0 Å². The van der Waals surface area contributed by atoms with Crippen LogP contribution in [0.25, 0.3) is 16.6 Å². The molecular weight excluding hydrogens is 775 g/mol. The number of benzene rings is 3. The second-order valence-corrected chi connectivity index (χ2v) is 19.2. The number of hydrogen-bond donors (Lipinski definition) is 4. The van der Waals surface area contributed by atoms with Crippen LogP contribution in [-0.2, 0) is 14.8 Å². The van der Waals surface area contributed by atoms with Gasteiger partial charge in [0.2, 0.25) is 0 Å². The van der Waals surface area contributed by atoms with E-state index in [0.29, 0.717) is 23.9 Å². The van der Waals surface area contributed by atoms with Gasteiger partial charge in [-0.3, -0.25) is 9.69 Å². The minimum atomic E-state index is -4.29. The molecule has 3 aliphatic rings. The van der Waals surface area contributed by atoms with E-state index in [1.165, 1.54) is 40.8 Å². The molecule has 4 heterocycles. The number of nitrogens with zero attached hydrogens (tertiary/aromatic N) is 3. The average Bonchev–Trinajstić information content (AvgIpc) is 3.61. The molecule has 0 saturated carbocycles. The van der Waals surface area contributed by atoms with Crippen molar-refractivity contribution in [3.8, 4) is 11.5 Å². The molecule has 60 heavy (non-hydrogen) atoms. The summed E-state index contributed by atoms with van der Waals surface area (Å²) in [6.07, 6.45) is 6.87. The number of allylic oxidation sites excluding steroid dienone is 1. The largest absolute Gasteiger partial charge is 0.455 e. The topological polar surface area (TPSA) is 155 Å². The number of pyridine rings is 1. The van der Waals surface area contributed by atoms with Crippen molar-refractivity contribution in [2.75, 3.05) is 68.4 Å². The molecule has 2 aliphatic heterocycles. The number of rotatable bonds is 12. The van der Waals surface area contributed by atoms with Crippen LogP contribution in [0.5, 0.6) is 11.5 Å². The van der Waals surface area contributed by atoms with Crippen LogP contribution < -0.4 is 25.4 Å². The van der Waals surface area contributed by atoms with E-state index < -0.39 is 15.9 Å². The van der Waals surface area contributed by atoms with Gasteiger partial charge in [-0.2, -0.15) is 0 Å². The summed E-state index contributed by atoms with van der Waals surface area (Å²) < 4.78 is 41.4. The Morgan fingerprint density at radius 3 is 2.50 bits per heavy atom. The number of nitrogen functional groups attached to an aromatic ring is 1. The minimum absolute atomic E-state index is 0.0739. The quantitative estimate of drug-likeness (QED) is 0.0903. The lowest BCUT2D eigenvalue weighted by Gasteiger charge is -2.39. The van der Waals surface area contributed by atoms with Crippen molar-refractivity contribution in [3.05, 3.63) is 107 Å². The molecule has 5 N–H and O–H groups in total. The molecule has 0 spiro atoms. The molecule has 0 atom stereocenters. The van der Waals surface area contributed by atoms with Crippen LogP contribution in [0.1, 0.15) is 73.1 Å². The van der Waals surface area contributed by atoms with Gasteiger partial charge < -0.3 is 30.4 Å². The molecule has 0 radical (unpaired) electrons. The average molecular weight is 832 g/mol. The van der Waals surface area contributed by atoms with E-state index in [1.54, 1.807) is 18.3 Å². The summed E-state index contributed by atoms with van der Waals surface area (Å²) >= 11 is 0. The van der Waals surface area contributed by atoms with Crippen LogP contribution >= 0.6 is 0 Å². The van der Waals surface area contributed by atoms with E-state index >= 15 is 0 Å². The van der Waals surface area contributed by atoms with Crippen molar-refractivity contribution in [2.45, 2.75) is 64.7 Å². The summed E-state index contributed by atoms with van der Waals surface area (Å²) in [6.45, 7) is 15.3. The maximum Gasteiger partial charge on any atom is 0.268 e. The molecule has 3 aromatic carbocycles. The third-order valence-electron chi connectivity index (χ3n) is 12.2. The molecule has 8 rings (SSSR count). The van der Waals surface area contributed by atoms with Crippen molar-refractivity contribution in [1.82, 2.24) is 19.6 Å². The maximum absolute atomic E-state index is 13.9. The van der Waals surface area contributed by atoms with E-state index in [2.05, 4.69) is 74.8 Å². The smallest absolute Gasteiger partial charge is 0.268 e. The normalized spacial score (nSPS) is 17.8. The lowest BCUT2D eigenvalue weighted by molar-refractivity contribution is 0.0699. The van der Waals surface area contributed by atoms with Gasteiger partial charge in [-0.05, 0) is 111 Å². The first kappa shape index (κ1) is 41.4. The van der Waals surface area contributed by atoms with Gasteiger partial charge in [0, 0.05) is 75.3 Å². The Morgan fingerprint density at radius 1 is 0.983 bits per heavy atom. The number of hydrogen-bond acceptors (Lipinski definition) is 10. The number of ether oxygens (including phenoxy) is 2. The van der Waals surface area contributed by atoms with Crippen LogP contribution in [0, 0.1) is 25.2 Å². The Hall–Kier alpha value is -5.37. The predicted octanol–water partition coefficient (Wildman–Crippen LogP) is 8.30. The predicted molar refractivity (Wildman–Crippen MR) is 239 cm³/mol. The SMILES string of the molecule is Cc1ccc(C2=C(CN3CCN(c4ccc(C(=O)NS(=O)(=O)c5ccc(NCC6CCOCC6)c(N)c5)c(Oc5cnc6[nH]c(C)cc6c5)c4)CC3)CCC(C)(C)C2)cc1. The van der Waals surface area contributed by atoms with Crippen molar-refractivity contribution in [2.24, 2.45) is 11.3 Å². The van der Waals surface area contributed by atoms with E-state index in [1.807, 2.05) is 31.2 Å². The Labute approximate surface area is 353 Å². The number of nitrogens with two attached hydrogens (primary N) is 1. The number of anilines is 3. The van der Waals surface area contributed by atoms with Gasteiger partial charge in [-0.1, -0.05) is 49.2 Å². The summed E-state index contributed by atoms with van der Waals surface area (Å²) in [5.74, 6) is 0.279. The number of aryl methyl sites for hydroxylation is 2. The van der Waals surface area contributed by atoms with Crippen LogP contribution in [0.4, 0.5) is 17.1 Å². The number of sulfonamides is 1. The molecule has 0 bridgehead atoms. The van der Waals surface area contributed by atoms with Crippen molar-refractivity contribution in [3.63, 3.8) is 0 Å². The fourth-order valence-electron chi connectivity index (χ4n) is 8.61. The van der Waals surface area contributed by atoms with Crippen LogP contribution in [0.15, 0.2) is 89.5 Å². The number of H-pyrrole nitrogens is 1. The molecule has 13 heteroatoms. The Bertz CT molecular complexity index is 2500. The number of piperazine rings is 1. The fraction of sp³-hybridized carbons (Fsp3) is 0.404. The zero-order valence-corrected chi connectivity index (χ0v) is 36.0. The zero-order chi connectivity index (χ0) is 42.0. The Morgan fingerprint density at radius 2 is 1.75 bits per heavy atom. The number of amides is 1. The second kappa shape index (κ2) is 17.3. The van der Waals surface area contributed by atoms with Gasteiger partial charge in [0.25, 0.3) is 15.9 Å². The number of aromatic amines is 1. The van der Waals surface area contributed by atoms with Crippen LogP contribution in [0.3, 0.4) is 0 Å². The molecular formula is C47H57N7O5S.